The molecule has 25 heavy (non-hydrogen) atoms. The van der Waals surface area contributed by atoms with Crippen molar-refractivity contribution in [1.29, 1.82) is 0 Å². The van der Waals surface area contributed by atoms with E-state index in [9.17, 15) is 9.59 Å². The Morgan fingerprint density at radius 1 is 1.16 bits per heavy atom. The highest BCUT2D eigenvalue weighted by molar-refractivity contribution is 5.94. The zero-order valence-corrected chi connectivity index (χ0v) is 13.8. The van der Waals surface area contributed by atoms with E-state index in [1.165, 1.54) is 0 Å². The molecule has 1 aliphatic rings. The Morgan fingerprint density at radius 2 is 1.88 bits per heavy atom. The molecule has 0 aliphatic carbocycles. The van der Waals surface area contributed by atoms with E-state index in [0.29, 0.717) is 30.9 Å². The summed E-state index contributed by atoms with van der Waals surface area (Å²) in [4.78, 5) is 29.3. The zero-order chi connectivity index (χ0) is 17.6. The van der Waals surface area contributed by atoms with E-state index in [0.717, 1.165) is 12.0 Å². The van der Waals surface area contributed by atoms with Gasteiger partial charge in [-0.1, -0.05) is 0 Å². The lowest BCUT2D eigenvalue weighted by molar-refractivity contribution is -0.143. The first-order valence-electron chi connectivity index (χ1n) is 8.27. The lowest BCUT2D eigenvalue weighted by Gasteiger charge is -2.30. The molecule has 1 N–H and O–H groups in total. The number of ether oxygens (including phenoxy) is 1. The van der Waals surface area contributed by atoms with E-state index in [1.807, 2.05) is 12.1 Å². The highest BCUT2D eigenvalue weighted by Gasteiger charge is 2.28. The Kier molecular flexibility index (Phi) is 5.28. The summed E-state index contributed by atoms with van der Waals surface area (Å²) in [5.41, 5.74) is 1.56. The van der Waals surface area contributed by atoms with Crippen molar-refractivity contribution in [2.24, 2.45) is 5.92 Å². The Labute approximate surface area is 146 Å². The van der Waals surface area contributed by atoms with Crippen LogP contribution in [0.25, 0.3) is 0 Å². The van der Waals surface area contributed by atoms with Crippen LogP contribution in [0.5, 0.6) is 5.75 Å². The molecule has 1 atom stereocenters. The molecule has 1 aliphatic heterocycles. The Morgan fingerprint density at radius 3 is 2.56 bits per heavy atom. The van der Waals surface area contributed by atoms with Crippen LogP contribution in [0.4, 0.5) is 0 Å². The lowest BCUT2D eigenvalue weighted by Crippen LogP contribution is -2.42. The molecule has 1 amide bonds. The average molecular weight is 340 g/mol. The summed E-state index contributed by atoms with van der Waals surface area (Å²) in [6.45, 7) is 1.31. The average Bonchev–Trinajstić information content (AvgIpc) is 2.67. The third kappa shape index (κ3) is 4.35. The first kappa shape index (κ1) is 17.0. The number of hydrogen-bond donors (Lipinski definition) is 1. The number of carbonyl (C=O) groups excluding carboxylic acids is 1. The zero-order valence-electron chi connectivity index (χ0n) is 13.8. The van der Waals surface area contributed by atoms with E-state index >= 15 is 0 Å². The second-order valence-electron chi connectivity index (χ2n) is 6.10. The second kappa shape index (κ2) is 7.79. The van der Waals surface area contributed by atoms with Crippen molar-refractivity contribution in [2.75, 3.05) is 13.1 Å². The lowest BCUT2D eigenvalue weighted by atomic mass is 9.97. The van der Waals surface area contributed by atoms with Crippen molar-refractivity contribution in [1.82, 2.24) is 9.88 Å². The van der Waals surface area contributed by atoms with Crippen LogP contribution in [-0.2, 0) is 11.4 Å². The normalized spacial score (nSPS) is 17.1. The SMILES string of the molecule is O=C(O)C1CCCN(C(=O)c2ccc(OCc3ccncc3)cc2)C1. The fraction of sp³-hybridized carbons (Fsp3) is 0.316. The number of carbonyl (C=O) groups is 2. The fourth-order valence-corrected chi connectivity index (χ4v) is 2.89. The number of carboxylic acid groups (broad SMARTS) is 1. The summed E-state index contributed by atoms with van der Waals surface area (Å²) in [5, 5.41) is 9.14. The van der Waals surface area contributed by atoms with E-state index in [-0.39, 0.29) is 12.5 Å². The van der Waals surface area contributed by atoms with E-state index in [2.05, 4.69) is 4.98 Å². The Bertz CT molecular complexity index is 731. The molecule has 0 bridgehead atoms. The smallest absolute Gasteiger partial charge is 0.308 e. The number of likely N-dealkylation sites (tertiary alicyclic amines) is 1. The molecule has 1 unspecified atom stereocenters. The number of carboxylic acids is 1. The number of nitrogens with zero attached hydrogens (tertiary/aromatic N) is 2. The highest BCUT2D eigenvalue weighted by atomic mass is 16.5. The van der Waals surface area contributed by atoms with Gasteiger partial charge in [-0.15, -0.1) is 0 Å². The highest BCUT2D eigenvalue weighted by Crippen LogP contribution is 2.20. The maximum absolute atomic E-state index is 12.5. The van der Waals surface area contributed by atoms with Crippen LogP contribution >= 0.6 is 0 Å². The van der Waals surface area contributed by atoms with Gasteiger partial charge in [-0.2, -0.15) is 0 Å². The number of benzene rings is 1. The van der Waals surface area contributed by atoms with E-state index in [4.69, 9.17) is 9.84 Å². The van der Waals surface area contributed by atoms with E-state index in [1.54, 1.807) is 41.6 Å². The van der Waals surface area contributed by atoms with Crippen molar-refractivity contribution >= 4 is 11.9 Å². The topological polar surface area (TPSA) is 79.7 Å². The molecule has 6 heteroatoms. The first-order chi connectivity index (χ1) is 12.1. The molecule has 2 heterocycles. The molecule has 0 saturated carbocycles. The number of rotatable bonds is 5. The van der Waals surface area contributed by atoms with Crippen molar-refractivity contribution < 1.29 is 19.4 Å². The molecule has 3 rings (SSSR count). The number of piperidine rings is 1. The van der Waals surface area contributed by atoms with Crippen LogP contribution in [0.15, 0.2) is 48.8 Å². The van der Waals surface area contributed by atoms with Gasteiger partial charge < -0.3 is 14.7 Å². The van der Waals surface area contributed by atoms with Gasteiger partial charge >= 0.3 is 5.97 Å². The quantitative estimate of drug-likeness (QED) is 0.905. The molecular formula is C19H20N2O4. The van der Waals surface area contributed by atoms with Crippen LogP contribution in [0, 0.1) is 5.92 Å². The number of aliphatic carboxylic acids is 1. The minimum atomic E-state index is -0.836. The number of hydrogen-bond acceptors (Lipinski definition) is 4. The predicted octanol–water partition coefficient (Wildman–Crippen LogP) is 2.60. The minimum Gasteiger partial charge on any atom is -0.489 e. The summed E-state index contributed by atoms with van der Waals surface area (Å²) in [5.74, 6) is -0.764. The molecule has 6 nitrogen and oxygen atoms in total. The first-order valence-corrected chi connectivity index (χ1v) is 8.27. The Balaban J connectivity index is 1.59. The van der Waals surface area contributed by atoms with Crippen LogP contribution in [0.3, 0.4) is 0 Å². The summed E-state index contributed by atoms with van der Waals surface area (Å²) >= 11 is 0. The van der Waals surface area contributed by atoms with Crippen molar-refractivity contribution in [2.45, 2.75) is 19.4 Å². The van der Waals surface area contributed by atoms with Crippen LogP contribution in [0.2, 0.25) is 0 Å². The summed E-state index contributed by atoms with van der Waals surface area (Å²) in [7, 11) is 0. The fourth-order valence-electron chi connectivity index (χ4n) is 2.89. The van der Waals surface area contributed by atoms with Crippen molar-refractivity contribution in [3.63, 3.8) is 0 Å². The number of amides is 1. The van der Waals surface area contributed by atoms with Gasteiger partial charge in [0.2, 0.25) is 0 Å². The Hall–Kier alpha value is -2.89. The van der Waals surface area contributed by atoms with Gasteiger partial charge in [0.1, 0.15) is 12.4 Å². The van der Waals surface area contributed by atoms with Gasteiger partial charge in [-0.3, -0.25) is 14.6 Å². The van der Waals surface area contributed by atoms with Gasteiger partial charge in [0, 0.05) is 31.0 Å². The maximum atomic E-state index is 12.5. The third-order valence-corrected chi connectivity index (χ3v) is 4.31. The predicted molar refractivity (Wildman–Crippen MR) is 91.3 cm³/mol. The van der Waals surface area contributed by atoms with Gasteiger partial charge in [0.15, 0.2) is 0 Å². The van der Waals surface area contributed by atoms with Gasteiger partial charge in [0.05, 0.1) is 5.92 Å². The van der Waals surface area contributed by atoms with Crippen LogP contribution < -0.4 is 4.74 Å². The molecule has 0 radical (unpaired) electrons. The summed E-state index contributed by atoms with van der Waals surface area (Å²) in [6, 6.07) is 10.7. The number of aromatic nitrogens is 1. The monoisotopic (exact) mass is 340 g/mol. The molecule has 1 aromatic carbocycles. The summed E-state index contributed by atoms with van der Waals surface area (Å²) < 4.78 is 5.69. The van der Waals surface area contributed by atoms with E-state index < -0.39 is 11.9 Å². The maximum Gasteiger partial charge on any atom is 0.308 e. The molecule has 1 aromatic heterocycles. The third-order valence-electron chi connectivity index (χ3n) is 4.31. The van der Waals surface area contributed by atoms with Crippen LogP contribution in [-0.4, -0.2) is 40.0 Å². The van der Waals surface area contributed by atoms with Gasteiger partial charge in [-0.05, 0) is 54.8 Å². The van der Waals surface area contributed by atoms with Crippen molar-refractivity contribution in [3.8, 4) is 5.75 Å². The van der Waals surface area contributed by atoms with Crippen molar-refractivity contribution in [3.05, 3.63) is 59.9 Å². The number of pyridine rings is 1. The van der Waals surface area contributed by atoms with Gasteiger partial charge in [-0.25, -0.2) is 0 Å². The van der Waals surface area contributed by atoms with Crippen LogP contribution in [0.1, 0.15) is 28.8 Å². The van der Waals surface area contributed by atoms with Gasteiger partial charge in [0.25, 0.3) is 5.91 Å². The second-order valence-corrected chi connectivity index (χ2v) is 6.10. The standard InChI is InChI=1S/C19H20N2O4/c22-18(21-11-1-2-16(12-21)19(23)24)15-3-5-17(6-4-15)25-13-14-7-9-20-10-8-14/h3-10,16H,1-2,11-13H2,(H,23,24). The molecular weight excluding hydrogens is 320 g/mol. The molecule has 2 aromatic rings. The minimum absolute atomic E-state index is 0.133. The summed E-state index contributed by atoms with van der Waals surface area (Å²) in [6.07, 6.45) is 4.77. The molecule has 130 valence electrons. The molecule has 1 saturated heterocycles. The largest absolute Gasteiger partial charge is 0.489 e. The molecule has 1 fully saturated rings. The molecule has 0 spiro atoms.